The van der Waals surface area contributed by atoms with Gasteiger partial charge in [-0.15, -0.1) is 4.40 Å². The third-order valence-corrected chi connectivity index (χ3v) is 8.51. The van der Waals surface area contributed by atoms with Crippen LogP contribution in [-0.4, -0.2) is 98.6 Å². The van der Waals surface area contributed by atoms with Gasteiger partial charge in [0.2, 0.25) is 0 Å². The first kappa shape index (κ1) is 19.6. The standard InChI is InChI=1S/C16H23N5O5S2/c22-16(14-3-4-15-17-27(23,24)12-11-19(15)13-14)18-7-9-21(10-8-18)28(25,26)20-5-1-2-6-20/h3-4,13H,1-2,5-12H2. The van der Waals surface area contributed by atoms with Crippen molar-refractivity contribution in [1.29, 1.82) is 0 Å². The van der Waals surface area contributed by atoms with Gasteiger partial charge in [-0.2, -0.15) is 17.0 Å². The number of hydrogen-bond acceptors (Lipinski definition) is 6. The van der Waals surface area contributed by atoms with Crippen molar-refractivity contribution in [3.8, 4) is 0 Å². The van der Waals surface area contributed by atoms with Crippen LogP contribution in [0, 0.1) is 0 Å². The second kappa shape index (κ2) is 7.25. The number of hydrogen-bond donors (Lipinski definition) is 0. The summed E-state index contributed by atoms with van der Waals surface area (Å²) in [6.45, 7) is 2.58. The zero-order valence-electron chi connectivity index (χ0n) is 15.4. The number of piperazine rings is 1. The van der Waals surface area contributed by atoms with Crippen LogP contribution in [0.15, 0.2) is 28.3 Å². The molecule has 0 unspecified atom stereocenters. The van der Waals surface area contributed by atoms with Crippen LogP contribution >= 0.6 is 0 Å². The van der Waals surface area contributed by atoms with Gasteiger partial charge in [-0.25, -0.2) is 8.42 Å². The van der Waals surface area contributed by atoms with Crippen molar-refractivity contribution >= 4 is 32.0 Å². The molecule has 28 heavy (non-hydrogen) atoms. The van der Waals surface area contributed by atoms with Crippen molar-refractivity contribution in [2.45, 2.75) is 12.8 Å². The van der Waals surface area contributed by atoms with E-state index in [1.54, 1.807) is 22.1 Å². The molecule has 1 amide bonds. The Morgan fingerprint density at radius 1 is 0.929 bits per heavy atom. The van der Waals surface area contributed by atoms with Crippen molar-refractivity contribution in [1.82, 2.24) is 18.4 Å². The van der Waals surface area contributed by atoms with E-state index >= 15 is 0 Å². The number of fused-ring (bicyclic) bond motifs is 1. The molecule has 4 aliphatic rings. The minimum absolute atomic E-state index is 0.0880. The van der Waals surface area contributed by atoms with E-state index in [2.05, 4.69) is 4.40 Å². The van der Waals surface area contributed by atoms with Crippen LogP contribution in [0.4, 0.5) is 0 Å². The number of amidine groups is 1. The van der Waals surface area contributed by atoms with Crippen molar-refractivity contribution in [3.05, 3.63) is 23.9 Å². The maximum Gasteiger partial charge on any atom is 0.282 e. The molecule has 2 saturated heterocycles. The molecule has 10 nitrogen and oxygen atoms in total. The Bertz CT molecular complexity index is 955. The largest absolute Gasteiger partial charge is 0.336 e. The summed E-state index contributed by atoms with van der Waals surface area (Å²) in [5.74, 6) is 0.0290. The average Bonchev–Trinajstić information content (AvgIpc) is 3.22. The van der Waals surface area contributed by atoms with E-state index in [-0.39, 0.29) is 31.3 Å². The molecule has 0 radical (unpaired) electrons. The van der Waals surface area contributed by atoms with Gasteiger partial charge < -0.3 is 9.80 Å². The molecule has 4 heterocycles. The number of amides is 1. The molecule has 0 saturated carbocycles. The van der Waals surface area contributed by atoms with Crippen molar-refractivity contribution in [3.63, 3.8) is 0 Å². The summed E-state index contributed by atoms with van der Waals surface area (Å²) in [5.41, 5.74) is 0.439. The van der Waals surface area contributed by atoms with Crippen LogP contribution in [0.3, 0.4) is 0 Å². The lowest BCUT2D eigenvalue weighted by molar-refractivity contribution is -0.128. The minimum atomic E-state index is -3.44. The Labute approximate surface area is 165 Å². The van der Waals surface area contributed by atoms with Crippen LogP contribution in [0.2, 0.25) is 0 Å². The SMILES string of the molecule is O=C(C1=CN2CCS(=O)(=O)N=C2C=C1)N1CCN(S(=O)(=O)N2CCCC2)CC1. The predicted octanol–water partition coefficient (Wildman–Crippen LogP) is -1.03. The summed E-state index contributed by atoms with van der Waals surface area (Å²) >= 11 is 0. The van der Waals surface area contributed by atoms with E-state index in [9.17, 15) is 21.6 Å². The smallest absolute Gasteiger partial charge is 0.282 e. The molecule has 0 atom stereocenters. The molecule has 0 aromatic rings. The molecule has 12 heteroatoms. The summed E-state index contributed by atoms with van der Waals surface area (Å²) in [6.07, 6.45) is 6.48. The quantitative estimate of drug-likeness (QED) is 0.567. The maximum absolute atomic E-state index is 12.8. The molecule has 0 bridgehead atoms. The van der Waals surface area contributed by atoms with Gasteiger partial charge >= 0.3 is 0 Å². The molecule has 0 aromatic carbocycles. The third kappa shape index (κ3) is 3.73. The number of carbonyl (C=O) groups excluding carboxylic acids is 1. The highest BCUT2D eigenvalue weighted by molar-refractivity contribution is 7.90. The van der Waals surface area contributed by atoms with Crippen molar-refractivity contribution in [2.24, 2.45) is 4.40 Å². The Morgan fingerprint density at radius 2 is 1.57 bits per heavy atom. The Hall–Kier alpha value is -1.76. The summed E-state index contributed by atoms with van der Waals surface area (Å²) in [4.78, 5) is 16.1. The van der Waals surface area contributed by atoms with Crippen LogP contribution in [0.1, 0.15) is 12.8 Å². The highest BCUT2D eigenvalue weighted by atomic mass is 32.2. The third-order valence-electron chi connectivity index (χ3n) is 5.31. The van der Waals surface area contributed by atoms with Gasteiger partial charge in [-0.1, -0.05) is 0 Å². The first-order valence-corrected chi connectivity index (χ1v) is 12.3. The normalized spacial score (nSPS) is 26.0. The van der Waals surface area contributed by atoms with Crippen molar-refractivity contribution in [2.75, 3.05) is 51.6 Å². The summed E-state index contributed by atoms with van der Waals surface area (Å²) in [5, 5.41) is 0. The average molecular weight is 430 g/mol. The number of carbonyl (C=O) groups is 1. The first-order chi connectivity index (χ1) is 13.3. The number of rotatable bonds is 3. The molecule has 4 aliphatic heterocycles. The van der Waals surface area contributed by atoms with Gasteiger partial charge in [0.25, 0.3) is 26.1 Å². The summed E-state index contributed by atoms with van der Waals surface area (Å²) < 4.78 is 55.1. The van der Waals surface area contributed by atoms with Gasteiger partial charge in [-0.05, 0) is 25.0 Å². The number of sulfonamides is 1. The van der Waals surface area contributed by atoms with Crippen molar-refractivity contribution < 1.29 is 21.6 Å². The van der Waals surface area contributed by atoms with Crippen LogP contribution in [0.5, 0.6) is 0 Å². The molecule has 4 rings (SSSR count). The molecule has 0 aliphatic carbocycles. The summed E-state index contributed by atoms with van der Waals surface area (Å²) in [7, 11) is -6.88. The van der Waals surface area contributed by atoms with E-state index in [0.717, 1.165) is 12.8 Å². The lowest BCUT2D eigenvalue weighted by Gasteiger charge is -2.36. The van der Waals surface area contributed by atoms with Gasteiger partial charge in [0.15, 0.2) is 0 Å². The number of nitrogens with zero attached hydrogens (tertiary/aromatic N) is 5. The second-order valence-corrected chi connectivity index (χ2v) is 10.8. The van der Waals surface area contributed by atoms with E-state index in [1.165, 1.54) is 14.7 Å². The molecule has 2 fully saturated rings. The Balaban J connectivity index is 1.40. The monoisotopic (exact) mass is 429 g/mol. The Morgan fingerprint density at radius 3 is 2.25 bits per heavy atom. The maximum atomic E-state index is 12.8. The molecule has 0 aromatic heterocycles. The van der Waals surface area contributed by atoms with Gasteiger partial charge in [0.05, 0.1) is 11.3 Å². The van der Waals surface area contributed by atoms with Gasteiger partial charge in [0, 0.05) is 52.0 Å². The summed E-state index contributed by atoms with van der Waals surface area (Å²) in [6, 6.07) is 0. The van der Waals surface area contributed by atoms with E-state index in [1.807, 2.05) is 0 Å². The molecule has 0 spiro atoms. The van der Waals surface area contributed by atoms with Gasteiger partial charge in [-0.3, -0.25) is 4.79 Å². The predicted molar refractivity (Wildman–Crippen MR) is 103 cm³/mol. The first-order valence-electron chi connectivity index (χ1n) is 9.30. The molecule has 154 valence electrons. The molecule has 0 N–H and O–H groups in total. The molecular weight excluding hydrogens is 406 g/mol. The van der Waals surface area contributed by atoms with Gasteiger partial charge in [0.1, 0.15) is 5.84 Å². The fraction of sp³-hybridized carbons (Fsp3) is 0.625. The zero-order valence-corrected chi connectivity index (χ0v) is 17.0. The zero-order chi connectivity index (χ0) is 19.9. The lowest BCUT2D eigenvalue weighted by Crippen LogP contribution is -2.54. The highest BCUT2D eigenvalue weighted by Crippen LogP contribution is 2.21. The van der Waals surface area contributed by atoms with E-state index < -0.39 is 20.2 Å². The minimum Gasteiger partial charge on any atom is -0.336 e. The fourth-order valence-electron chi connectivity index (χ4n) is 3.71. The van der Waals surface area contributed by atoms with Crippen LogP contribution in [0.25, 0.3) is 0 Å². The fourth-order valence-corrected chi connectivity index (χ4v) is 6.35. The van der Waals surface area contributed by atoms with Crippen LogP contribution in [-0.2, 0) is 25.0 Å². The molecular formula is C16H23N5O5S2. The second-order valence-electron chi connectivity index (χ2n) is 7.15. The van der Waals surface area contributed by atoms with Crippen LogP contribution < -0.4 is 0 Å². The lowest BCUT2D eigenvalue weighted by atomic mass is 10.1. The van der Waals surface area contributed by atoms with E-state index in [4.69, 9.17) is 0 Å². The van der Waals surface area contributed by atoms with E-state index in [0.29, 0.717) is 37.6 Å². The Kier molecular flexibility index (Phi) is 5.06. The highest BCUT2D eigenvalue weighted by Gasteiger charge is 2.35. The topological polar surface area (TPSA) is 111 Å².